The van der Waals surface area contributed by atoms with Crippen LogP contribution in [0.15, 0.2) is 53.6 Å². The Bertz CT molecular complexity index is 1090. The lowest BCUT2D eigenvalue weighted by molar-refractivity contribution is -0.385. The molecule has 0 saturated carbocycles. The van der Waals surface area contributed by atoms with Gasteiger partial charge in [-0.25, -0.2) is 9.40 Å². The van der Waals surface area contributed by atoms with Crippen molar-refractivity contribution in [3.63, 3.8) is 0 Å². The van der Waals surface area contributed by atoms with Gasteiger partial charge in [0.2, 0.25) is 5.91 Å². The number of halogens is 1. The van der Waals surface area contributed by atoms with Crippen LogP contribution in [0.4, 0.5) is 10.1 Å². The van der Waals surface area contributed by atoms with E-state index in [4.69, 9.17) is 4.74 Å². The van der Waals surface area contributed by atoms with Crippen LogP contribution in [0.25, 0.3) is 0 Å². The lowest BCUT2D eigenvalue weighted by atomic mass is 9.98. The van der Waals surface area contributed by atoms with Gasteiger partial charge in [0, 0.05) is 38.1 Å². The highest BCUT2D eigenvalue weighted by atomic mass is 19.1. The fourth-order valence-corrected chi connectivity index (χ4v) is 3.73. The second-order valence-electron chi connectivity index (χ2n) is 8.27. The first kappa shape index (κ1) is 25.0. The van der Waals surface area contributed by atoms with Gasteiger partial charge in [-0.3, -0.25) is 19.7 Å². The molecule has 0 unspecified atom stereocenters. The molecule has 0 fully saturated rings. The second-order valence-corrected chi connectivity index (χ2v) is 8.27. The van der Waals surface area contributed by atoms with Crippen molar-refractivity contribution < 1.29 is 23.6 Å². The number of carbonyl (C=O) groups excluding carboxylic acids is 2. The zero-order valence-electron chi connectivity index (χ0n) is 19.3. The van der Waals surface area contributed by atoms with E-state index in [1.165, 1.54) is 41.3 Å². The Morgan fingerprint density at radius 2 is 1.97 bits per heavy atom. The van der Waals surface area contributed by atoms with Gasteiger partial charge in [0.25, 0.3) is 11.6 Å². The van der Waals surface area contributed by atoms with E-state index in [2.05, 4.69) is 5.10 Å². The fraction of sp³-hybridized carbons (Fsp3) is 0.375. The van der Waals surface area contributed by atoms with Crippen LogP contribution in [-0.2, 0) is 14.3 Å². The van der Waals surface area contributed by atoms with Gasteiger partial charge in [0.1, 0.15) is 12.4 Å². The van der Waals surface area contributed by atoms with Crippen LogP contribution in [-0.4, -0.2) is 59.2 Å². The third-order valence-electron chi connectivity index (χ3n) is 5.51. The number of hydrogen-bond donors (Lipinski definition) is 0. The SMILES string of the molecule is COCCN(CC(=O)N1N=C(c2ccc(F)cc2)C[C@@H]1c1cccc([N+](=O)[O-])c1)C(=O)C(C)C. The molecule has 1 aliphatic heterocycles. The van der Waals surface area contributed by atoms with Gasteiger partial charge < -0.3 is 9.64 Å². The van der Waals surface area contributed by atoms with Crippen LogP contribution < -0.4 is 0 Å². The number of nitro benzene ring substituents is 1. The van der Waals surface area contributed by atoms with E-state index in [9.17, 15) is 24.1 Å². The monoisotopic (exact) mass is 470 g/mol. The molecule has 0 saturated heterocycles. The molecule has 0 radical (unpaired) electrons. The summed E-state index contributed by atoms with van der Waals surface area (Å²) in [7, 11) is 1.51. The highest BCUT2D eigenvalue weighted by Gasteiger charge is 2.35. The summed E-state index contributed by atoms with van der Waals surface area (Å²) in [6.07, 6.45) is 0.286. The number of nitrogens with zero attached hydrogens (tertiary/aromatic N) is 4. The van der Waals surface area contributed by atoms with E-state index in [0.717, 1.165) is 0 Å². The predicted octanol–water partition coefficient (Wildman–Crippen LogP) is 3.54. The van der Waals surface area contributed by atoms with E-state index < -0.39 is 22.7 Å². The molecule has 3 rings (SSSR count). The maximum absolute atomic E-state index is 13.4. The average Bonchev–Trinajstić information content (AvgIpc) is 3.27. The van der Waals surface area contributed by atoms with Crippen LogP contribution in [0.3, 0.4) is 0 Å². The lowest BCUT2D eigenvalue weighted by Gasteiger charge is -2.27. The van der Waals surface area contributed by atoms with E-state index in [0.29, 0.717) is 16.8 Å². The van der Waals surface area contributed by atoms with Crippen LogP contribution in [0.1, 0.15) is 37.4 Å². The maximum atomic E-state index is 13.4. The van der Waals surface area contributed by atoms with Gasteiger partial charge in [-0.1, -0.05) is 38.1 Å². The Morgan fingerprint density at radius 1 is 1.26 bits per heavy atom. The third kappa shape index (κ3) is 5.82. The number of rotatable bonds is 9. The van der Waals surface area contributed by atoms with Crippen LogP contribution >= 0.6 is 0 Å². The molecule has 2 aromatic rings. The molecule has 0 N–H and O–H groups in total. The molecule has 9 nitrogen and oxygen atoms in total. The second kappa shape index (κ2) is 11.0. The van der Waals surface area contributed by atoms with Crippen molar-refractivity contribution in [2.24, 2.45) is 11.0 Å². The molecular weight excluding hydrogens is 443 g/mol. The quantitative estimate of drug-likeness (QED) is 0.412. The summed E-state index contributed by atoms with van der Waals surface area (Å²) >= 11 is 0. The minimum absolute atomic E-state index is 0.100. The third-order valence-corrected chi connectivity index (χ3v) is 5.51. The first-order valence-corrected chi connectivity index (χ1v) is 10.9. The molecule has 2 aromatic carbocycles. The first-order valence-electron chi connectivity index (χ1n) is 10.9. The molecule has 2 amide bonds. The number of hydrogen-bond acceptors (Lipinski definition) is 6. The van der Waals surface area contributed by atoms with Crippen LogP contribution in [0.2, 0.25) is 0 Å². The van der Waals surface area contributed by atoms with E-state index in [-0.39, 0.29) is 43.6 Å². The van der Waals surface area contributed by atoms with E-state index in [1.807, 2.05) is 0 Å². The Morgan fingerprint density at radius 3 is 2.59 bits per heavy atom. The zero-order chi connectivity index (χ0) is 24.8. The summed E-state index contributed by atoms with van der Waals surface area (Å²) < 4.78 is 18.5. The zero-order valence-corrected chi connectivity index (χ0v) is 19.3. The summed E-state index contributed by atoms with van der Waals surface area (Å²) in [4.78, 5) is 38.2. The van der Waals surface area contributed by atoms with Crippen molar-refractivity contribution in [3.8, 4) is 0 Å². The topological polar surface area (TPSA) is 105 Å². The maximum Gasteiger partial charge on any atom is 0.269 e. The molecule has 0 aliphatic carbocycles. The Hall–Kier alpha value is -3.66. The number of benzene rings is 2. The summed E-state index contributed by atoms with van der Waals surface area (Å²) in [5.74, 6) is -1.33. The number of amides is 2. The Labute approximate surface area is 197 Å². The molecule has 1 aliphatic rings. The molecule has 0 bridgehead atoms. The fourth-order valence-electron chi connectivity index (χ4n) is 3.73. The van der Waals surface area contributed by atoms with Crippen LogP contribution in [0.5, 0.6) is 0 Å². The standard InChI is InChI=1S/C24H27FN4O5/c1-16(2)24(31)27(11-12-34-3)15-23(30)28-22(18-5-4-6-20(13-18)29(32)33)14-21(26-28)17-7-9-19(25)10-8-17/h4-10,13,16,22H,11-12,14-15H2,1-3H3/t22-/m1/s1. The smallest absolute Gasteiger partial charge is 0.269 e. The first-order chi connectivity index (χ1) is 16.2. The van der Waals surface area contributed by atoms with Gasteiger partial charge in [0.15, 0.2) is 0 Å². The van der Waals surface area contributed by atoms with E-state index in [1.54, 1.807) is 38.1 Å². The van der Waals surface area contributed by atoms with Crippen molar-refractivity contribution in [2.75, 3.05) is 26.8 Å². The number of non-ortho nitro benzene ring substituents is 1. The van der Waals surface area contributed by atoms with Crippen LogP contribution in [0, 0.1) is 21.8 Å². The van der Waals surface area contributed by atoms with Crippen molar-refractivity contribution in [1.29, 1.82) is 0 Å². The molecular formula is C24H27FN4O5. The van der Waals surface area contributed by atoms with Gasteiger partial charge in [-0.2, -0.15) is 5.10 Å². The molecule has 1 atom stereocenters. The molecule has 0 spiro atoms. The molecule has 10 heteroatoms. The van der Waals surface area contributed by atoms with Gasteiger partial charge in [-0.15, -0.1) is 0 Å². The summed E-state index contributed by atoms with van der Waals surface area (Å²) in [6, 6.07) is 11.2. The predicted molar refractivity (Wildman–Crippen MR) is 124 cm³/mol. The molecule has 180 valence electrons. The summed E-state index contributed by atoms with van der Waals surface area (Å²) in [5, 5.41) is 17.1. The average molecular weight is 471 g/mol. The Kier molecular flexibility index (Phi) is 8.06. The van der Waals surface area contributed by atoms with Gasteiger partial charge in [-0.05, 0) is 23.3 Å². The lowest BCUT2D eigenvalue weighted by Crippen LogP contribution is -2.44. The minimum atomic E-state index is -0.606. The highest BCUT2D eigenvalue weighted by molar-refractivity contribution is 6.03. The minimum Gasteiger partial charge on any atom is -0.383 e. The van der Waals surface area contributed by atoms with Gasteiger partial charge in [0.05, 0.1) is 23.3 Å². The van der Waals surface area contributed by atoms with E-state index >= 15 is 0 Å². The van der Waals surface area contributed by atoms with Crippen molar-refractivity contribution in [2.45, 2.75) is 26.3 Å². The van der Waals surface area contributed by atoms with Crippen molar-refractivity contribution >= 4 is 23.2 Å². The molecule has 1 heterocycles. The number of ether oxygens (including phenoxy) is 1. The number of carbonyl (C=O) groups is 2. The normalized spacial score (nSPS) is 15.4. The molecule has 0 aromatic heterocycles. The number of nitro groups is 1. The summed E-state index contributed by atoms with van der Waals surface area (Å²) in [6.45, 7) is 3.79. The summed E-state index contributed by atoms with van der Waals surface area (Å²) in [5.41, 5.74) is 1.63. The number of methoxy groups -OCH3 is 1. The Balaban J connectivity index is 1.94. The number of hydrazone groups is 1. The molecule has 34 heavy (non-hydrogen) atoms. The van der Waals surface area contributed by atoms with Gasteiger partial charge >= 0.3 is 0 Å². The van der Waals surface area contributed by atoms with Crippen molar-refractivity contribution in [3.05, 3.63) is 75.6 Å². The largest absolute Gasteiger partial charge is 0.383 e. The van der Waals surface area contributed by atoms with Crippen molar-refractivity contribution in [1.82, 2.24) is 9.91 Å². The highest BCUT2D eigenvalue weighted by Crippen LogP contribution is 2.34.